The molecule has 5 heteroatoms. The van der Waals surface area contributed by atoms with Crippen molar-refractivity contribution < 1.29 is 19.1 Å². The quantitative estimate of drug-likeness (QED) is 0.677. The zero-order valence-corrected chi connectivity index (χ0v) is 13.4. The highest BCUT2D eigenvalue weighted by Gasteiger charge is 2.39. The first-order valence-electron chi connectivity index (χ1n) is 6.17. The van der Waals surface area contributed by atoms with Gasteiger partial charge in [0.15, 0.2) is 12.0 Å². The molecule has 0 radical (unpaired) electrons. The Bertz CT molecular complexity index is 475. The molecule has 1 aromatic carbocycles. The summed E-state index contributed by atoms with van der Waals surface area (Å²) in [5.41, 5.74) is 0.203. The molecule has 0 heterocycles. The van der Waals surface area contributed by atoms with E-state index in [1.165, 1.54) is 19.2 Å². The van der Waals surface area contributed by atoms with Gasteiger partial charge in [-0.1, -0.05) is 20.8 Å². The molecule has 106 valence electrons. The van der Waals surface area contributed by atoms with Crippen LogP contribution in [0.2, 0.25) is 18.1 Å². The van der Waals surface area contributed by atoms with Crippen molar-refractivity contribution in [3.63, 3.8) is 0 Å². The van der Waals surface area contributed by atoms with Gasteiger partial charge >= 0.3 is 0 Å². The number of phenols is 1. The molecule has 0 aliphatic carbocycles. The first kappa shape index (κ1) is 15.6. The molecule has 19 heavy (non-hydrogen) atoms. The van der Waals surface area contributed by atoms with E-state index in [2.05, 4.69) is 33.9 Å². The fraction of sp³-hybridized carbons (Fsp3) is 0.500. The lowest BCUT2D eigenvalue weighted by molar-refractivity contribution is 0.112. The number of phenolic OH excluding ortho intramolecular Hbond substituents is 1. The summed E-state index contributed by atoms with van der Waals surface area (Å²) in [5, 5.41) is 9.69. The lowest BCUT2D eigenvalue weighted by Crippen LogP contribution is -2.43. The van der Waals surface area contributed by atoms with Crippen molar-refractivity contribution in [2.45, 2.75) is 38.9 Å². The van der Waals surface area contributed by atoms with Crippen LogP contribution in [0.15, 0.2) is 12.1 Å². The molecule has 0 aliphatic rings. The topological polar surface area (TPSA) is 55.8 Å². The fourth-order valence-corrected chi connectivity index (χ4v) is 2.34. The number of aromatic hydroxyl groups is 1. The molecule has 0 atom stereocenters. The number of carbonyl (C=O) groups is 1. The summed E-state index contributed by atoms with van der Waals surface area (Å²) in [6.07, 6.45) is 0.604. The number of aldehydes is 1. The Hall–Kier alpha value is -1.49. The summed E-state index contributed by atoms with van der Waals surface area (Å²) in [5.74, 6) is 0.844. The summed E-state index contributed by atoms with van der Waals surface area (Å²) < 4.78 is 11.3. The molecule has 1 aromatic rings. The molecule has 0 aliphatic heterocycles. The van der Waals surface area contributed by atoms with Crippen LogP contribution in [0.1, 0.15) is 31.1 Å². The van der Waals surface area contributed by atoms with Crippen LogP contribution in [0.3, 0.4) is 0 Å². The molecular weight excluding hydrogens is 260 g/mol. The molecule has 0 amide bonds. The third-order valence-electron chi connectivity index (χ3n) is 3.61. The van der Waals surface area contributed by atoms with E-state index in [9.17, 15) is 9.90 Å². The van der Waals surface area contributed by atoms with Crippen molar-refractivity contribution in [2.75, 3.05) is 7.11 Å². The van der Waals surface area contributed by atoms with Crippen molar-refractivity contribution >= 4 is 14.6 Å². The predicted octanol–water partition coefficient (Wildman–Crippen LogP) is 3.60. The molecule has 0 saturated heterocycles. The summed E-state index contributed by atoms with van der Waals surface area (Å²) in [6, 6.07) is 2.94. The minimum absolute atomic E-state index is 0.0389. The zero-order chi connectivity index (χ0) is 14.8. The Morgan fingerprint density at radius 1 is 1.21 bits per heavy atom. The third-order valence-corrected chi connectivity index (χ3v) is 7.95. The number of hydrogen-bond donors (Lipinski definition) is 1. The van der Waals surface area contributed by atoms with Crippen LogP contribution in [-0.2, 0) is 0 Å². The number of hydrogen-bond acceptors (Lipinski definition) is 4. The van der Waals surface area contributed by atoms with Crippen molar-refractivity contribution in [2.24, 2.45) is 0 Å². The van der Waals surface area contributed by atoms with Gasteiger partial charge in [-0.05, 0) is 24.2 Å². The SMILES string of the molecule is COc1cc(O)c(C=O)cc1O[Si](C)(C)C(C)(C)C. The van der Waals surface area contributed by atoms with E-state index in [4.69, 9.17) is 9.16 Å². The highest BCUT2D eigenvalue weighted by atomic mass is 28.4. The Morgan fingerprint density at radius 3 is 2.21 bits per heavy atom. The number of ether oxygens (including phenoxy) is 1. The third kappa shape index (κ3) is 3.29. The molecule has 0 bridgehead atoms. The van der Waals surface area contributed by atoms with Gasteiger partial charge in [0.2, 0.25) is 0 Å². The van der Waals surface area contributed by atoms with Crippen LogP contribution >= 0.6 is 0 Å². The van der Waals surface area contributed by atoms with Gasteiger partial charge in [0, 0.05) is 6.07 Å². The summed E-state index contributed by atoms with van der Waals surface area (Å²) >= 11 is 0. The van der Waals surface area contributed by atoms with Crippen LogP contribution in [-0.4, -0.2) is 26.8 Å². The van der Waals surface area contributed by atoms with Gasteiger partial charge < -0.3 is 14.3 Å². The number of methoxy groups -OCH3 is 1. The van der Waals surface area contributed by atoms with Gasteiger partial charge in [-0.15, -0.1) is 0 Å². The van der Waals surface area contributed by atoms with E-state index in [1.54, 1.807) is 0 Å². The molecule has 0 aromatic heterocycles. The van der Waals surface area contributed by atoms with Crippen molar-refractivity contribution in [3.05, 3.63) is 17.7 Å². The van der Waals surface area contributed by atoms with Gasteiger partial charge in [-0.25, -0.2) is 0 Å². The van der Waals surface area contributed by atoms with Gasteiger partial charge in [-0.3, -0.25) is 4.79 Å². The lowest BCUT2D eigenvalue weighted by Gasteiger charge is -2.36. The smallest absolute Gasteiger partial charge is 0.250 e. The zero-order valence-electron chi connectivity index (χ0n) is 12.4. The van der Waals surface area contributed by atoms with Crippen molar-refractivity contribution in [1.29, 1.82) is 0 Å². The van der Waals surface area contributed by atoms with E-state index in [0.29, 0.717) is 17.8 Å². The maximum atomic E-state index is 10.9. The summed E-state index contributed by atoms with van der Waals surface area (Å²) in [7, 11) is -0.516. The molecule has 0 saturated carbocycles. The molecule has 1 N–H and O–H groups in total. The Balaban J connectivity index is 3.23. The van der Waals surface area contributed by atoms with E-state index < -0.39 is 8.32 Å². The summed E-state index contributed by atoms with van der Waals surface area (Å²) in [4.78, 5) is 10.9. The van der Waals surface area contributed by atoms with Gasteiger partial charge in [0.1, 0.15) is 11.5 Å². The highest BCUT2D eigenvalue weighted by Crippen LogP contribution is 2.41. The minimum atomic E-state index is -2.02. The Kier molecular flexibility index (Phi) is 4.30. The van der Waals surface area contributed by atoms with Crippen LogP contribution in [0.5, 0.6) is 17.2 Å². The first-order chi connectivity index (χ1) is 8.62. The Morgan fingerprint density at radius 2 is 1.79 bits per heavy atom. The van der Waals surface area contributed by atoms with Crippen LogP contribution < -0.4 is 9.16 Å². The lowest BCUT2D eigenvalue weighted by atomic mass is 10.2. The molecule has 0 unspecified atom stereocenters. The number of benzene rings is 1. The molecule has 4 nitrogen and oxygen atoms in total. The second kappa shape index (κ2) is 5.25. The first-order valence-corrected chi connectivity index (χ1v) is 9.08. The maximum Gasteiger partial charge on any atom is 0.250 e. The summed E-state index contributed by atoms with van der Waals surface area (Å²) in [6.45, 7) is 10.6. The van der Waals surface area contributed by atoms with Crippen molar-refractivity contribution in [1.82, 2.24) is 0 Å². The average molecular weight is 282 g/mol. The average Bonchev–Trinajstić information content (AvgIpc) is 2.29. The van der Waals surface area contributed by atoms with Crippen molar-refractivity contribution in [3.8, 4) is 17.2 Å². The largest absolute Gasteiger partial charge is 0.541 e. The van der Waals surface area contributed by atoms with Crippen LogP contribution in [0.25, 0.3) is 0 Å². The molecule has 1 rings (SSSR count). The molecule has 0 fully saturated rings. The van der Waals surface area contributed by atoms with Gasteiger partial charge in [0.25, 0.3) is 8.32 Å². The van der Waals surface area contributed by atoms with E-state index in [-0.39, 0.29) is 16.4 Å². The highest BCUT2D eigenvalue weighted by molar-refractivity contribution is 6.74. The number of rotatable bonds is 4. The second-order valence-corrected chi connectivity index (χ2v) is 10.8. The van der Waals surface area contributed by atoms with E-state index >= 15 is 0 Å². The Labute approximate surface area is 115 Å². The molecule has 0 spiro atoms. The van der Waals surface area contributed by atoms with E-state index in [1.807, 2.05) is 0 Å². The maximum absolute atomic E-state index is 10.9. The van der Waals surface area contributed by atoms with Gasteiger partial charge in [0.05, 0.1) is 12.7 Å². The minimum Gasteiger partial charge on any atom is -0.541 e. The second-order valence-electron chi connectivity index (χ2n) is 6.04. The molecular formula is C14H22O4Si. The standard InChI is InChI=1S/C14H22O4Si/c1-14(2,3)19(5,6)18-13-7-10(9-15)11(16)8-12(13)17-4/h7-9,16H,1-6H3. The van der Waals surface area contributed by atoms with Crippen LogP contribution in [0, 0.1) is 0 Å². The number of carbonyl (C=O) groups excluding carboxylic acids is 1. The predicted molar refractivity (Wildman–Crippen MR) is 77.9 cm³/mol. The normalized spacial score (nSPS) is 12.1. The van der Waals surface area contributed by atoms with Crippen LogP contribution in [0.4, 0.5) is 0 Å². The van der Waals surface area contributed by atoms with E-state index in [0.717, 1.165) is 0 Å². The monoisotopic (exact) mass is 282 g/mol. The fourth-order valence-electron chi connectivity index (χ4n) is 1.33. The van der Waals surface area contributed by atoms with Gasteiger partial charge in [-0.2, -0.15) is 0 Å².